The van der Waals surface area contributed by atoms with E-state index < -0.39 is 11.8 Å². The first-order valence-electron chi connectivity index (χ1n) is 5.82. The predicted molar refractivity (Wildman–Crippen MR) is 67.8 cm³/mol. The summed E-state index contributed by atoms with van der Waals surface area (Å²) in [6, 6.07) is 2.72. The van der Waals surface area contributed by atoms with Gasteiger partial charge in [0.2, 0.25) is 5.91 Å². The summed E-state index contributed by atoms with van der Waals surface area (Å²) in [5.74, 6) is -1.40. The SMILES string of the molecule is CC(=O)Nc1cc(F)c(C)c(OCCCC(=O)O)c1. The van der Waals surface area contributed by atoms with Crippen LogP contribution in [0.25, 0.3) is 0 Å². The fourth-order valence-electron chi connectivity index (χ4n) is 1.48. The zero-order valence-corrected chi connectivity index (χ0v) is 10.8. The topological polar surface area (TPSA) is 75.6 Å². The van der Waals surface area contributed by atoms with Crippen LogP contribution in [-0.2, 0) is 9.59 Å². The van der Waals surface area contributed by atoms with Crippen LogP contribution in [0, 0.1) is 12.7 Å². The summed E-state index contributed by atoms with van der Waals surface area (Å²) >= 11 is 0. The van der Waals surface area contributed by atoms with Gasteiger partial charge < -0.3 is 15.2 Å². The maximum absolute atomic E-state index is 13.6. The average Bonchev–Trinajstić information content (AvgIpc) is 2.29. The predicted octanol–water partition coefficient (Wildman–Crippen LogP) is 2.34. The maximum Gasteiger partial charge on any atom is 0.303 e. The number of benzene rings is 1. The van der Waals surface area contributed by atoms with Gasteiger partial charge in [0.1, 0.15) is 11.6 Å². The molecule has 0 aromatic heterocycles. The lowest BCUT2D eigenvalue weighted by molar-refractivity contribution is -0.137. The van der Waals surface area contributed by atoms with Gasteiger partial charge >= 0.3 is 5.97 Å². The molecule has 0 saturated carbocycles. The van der Waals surface area contributed by atoms with Crippen LogP contribution in [0.15, 0.2) is 12.1 Å². The molecule has 0 atom stereocenters. The van der Waals surface area contributed by atoms with E-state index in [2.05, 4.69) is 5.32 Å². The molecule has 0 radical (unpaired) electrons. The van der Waals surface area contributed by atoms with Crippen LogP contribution in [0.1, 0.15) is 25.3 Å². The zero-order valence-electron chi connectivity index (χ0n) is 10.8. The molecule has 0 aliphatic carbocycles. The minimum absolute atomic E-state index is 0.00703. The Labute approximate surface area is 110 Å². The number of rotatable bonds is 6. The van der Waals surface area contributed by atoms with E-state index in [1.54, 1.807) is 6.92 Å². The number of hydrogen-bond donors (Lipinski definition) is 2. The lowest BCUT2D eigenvalue weighted by Crippen LogP contribution is -2.08. The van der Waals surface area contributed by atoms with Crippen molar-refractivity contribution in [2.24, 2.45) is 0 Å². The van der Waals surface area contributed by atoms with E-state index in [0.717, 1.165) is 0 Å². The van der Waals surface area contributed by atoms with Crippen LogP contribution in [0.2, 0.25) is 0 Å². The molecular weight excluding hydrogens is 253 g/mol. The van der Waals surface area contributed by atoms with Gasteiger partial charge in [0.25, 0.3) is 0 Å². The molecule has 104 valence electrons. The van der Waals surface area contributed by atoms with Gasteiger partial charge in [-0.3, -0.25) is 9.59 Å². The van der Waals surface area contributed by atoms with E-state index in [0.29, 0.717) is 23.4 Å². The van der Waals surface area contributed by atoms with Crippen molar-refractivity contribution in [1.82, 2.24) is 0 Å². The molecule has 0 unspecified atom stereocenters. The van der Waals surface area contributed by atoms with Gasteiger partial charge in [0.05, 0.1) is 6.61 Å². The largest absolute Gasteiger partial charge is 0.493 e. The lowest BCUT2D eigenvalue weighted by Gasteiger charge is -2.12. The van der Waals surface area contributed by atoms with Crippen molar-refractivity contribution in [2.45, 2.75) is 26.7 Å². The highest BCUT2D eigenvalue weighted by Crippen LogP contribution is 2.26. The number of carboxylic acids is 1. The summed E-state index contributed by atoms with van der Waals surface area (Å²) in [5, 5.41) is 11.0. The Hall–Kier alpha value is -2.11. The summed E-state index contributed by atoms with van der Waals surface area (Å²) in [6.07, 6.45) is 0.327. The molecule has 1 rings (SSSR count). The molecule has 1 aromatic carbocycles. The molecule has 0 spiro atoms. The van der Waals surface area contributed by atoms with Crippen molar-refractivity contribution < 1.29 is 23.8 Å². The first-order chi connectivity index (χ1) is 8.90. The van der Waals surface area contributed by atoms with Gasteiger partial charge in [-0.05, 0) is 19.4 Å². The molecule has 5 nitrogen and oxygen atoms in total. The molecular formula is C13H16FNO4. The Bertz CT molecular complexity index is 488. The highest BCUT2D eigenvalue weighted by molar-refractivity contribution is 5.88. The van der Waals surface area contributed by atoms with E-state index in [-0.39, 0.29) is 18.9 Å². The van der Waals surface area contributed by atoms with Gasteiger partial charge in [0.15, 0.2) is 0 Å². The smallest absolute Gasteiger partial charge is 0.303 e. The fourth-order valence-corrected chi connectivity index (χ4v) is 1.48. The fraction of sp³-hybridized carbons (Fsp3) is 0.385. The van der Waals surface area contributed by atoms with Crippen molar-refractivity contribution in [1.29, 1.82) is 0 Å². The van der Waals surface area contributed by atoms with Gasteiger partial charge in [-0.1, -0.05) is 0 Å². The monoisotopic (exact) mass is 269 g/mol. The summed E-state index contributed by atoms with van der Waals surface area (Å²) < 4.78 is 18.9. The van der Waals surface area contributed by atoms with Crippen LogP contribution in [0.3, 0.4) is 0 Å². The number of ether oxygens (including phenoxy) is 1. The number of anilines is 1. The number of amides is 1. The minimum atomic E-state index is -0.904. The number of carboxylic acid groups (broad SMARTS) is 1. The third kappa shape index (κ3) is 4.95. The molecule has 1 aromatic rings. The van der Waals surface area contributed by atoms with Crippen molar-refractivity contribution in [3.63, 3.8) is 0 Å². The second-order valence-corrected chi connectivity index (χ2v) is 4.11. The summed E-state index contributed by atoms with van der Waals surface area (Å²) in [7, 11) is 0. The average molecular weight is 269 g/mol. The van der Waals surface area contributed by atoms with E-state index in [4.69, 9.17) is 9.84 Å². The van der Waals surface area contributed by atoms with Gasteiger partial charge in [0, 0.05) is 30.7 Å². The molecule has 0 bridgehead atoms. The Balaban J connectivity index is 2.72. The minimum Gasteiger partial charge on any atom is -0.493 e. The van der Waals surface area contributed by atoms with Crippen LogP contribution in [-0.4, -0.2) is 23.6 Å². The van der Waals surface area contributed by atoms with Gasteiger partial charge in [-0.15, -0.1) is 0 Å². The molecule has 0 aliphatic rings. The normalized spacial score (nSPS) is 10.1. The van der Waals surface area contributed by atoms with Crippen molar-refractivity contribution in [3.05, 3.63) is 23.5 Å². The Morgan fingerprint density at radius 1 is 1.42 bits per heavy atom. The van der Waals surface area contributed by atoms with Crippen LogP contribution in [0.4, 0.5) is 10.1 Å². The van der Waals surface area contributed by atoms with Crippen LogP contribution < -0.4 is 10.1 Å². The van der Waals surface area contributed by atoms with Crippen molar-refractivity contribution in [3.8, 4) is 5.75 Å². The summed E-state index contributed by atoms with van der Waals surface area (Å²) in [6.45, 7) is 3.06. The van der Waals surface area contributed by atoms with Gasteiger partial charge in [-0.2, -0.15) is 0 Å². The third-order valence-corrected chi connectivity index (χ3v) is 2.41. The van der Waals surface area contributed by atoms with Gasteiger partial charge in [-0.25, -0.2) is 4.39 Å². The highest BCUT2D eigenvalue weighted by Gasteiger charge is 2.09. The van der Waals surface area contributed by atoms with E-state index in [1.165, 1.54) is 19.1 Å². The Morgan fingerprint density at radius 3 is 2.68 bits per heavy atom. The molecule has 19 heavy (non-hydrogen) atoms. The van der Waals surface area contributed by atoms with Crippen molar-refractivity contribution >= 4 is 17.6 Å². The standard InChI is InChI=1S/C13H16FNO4/c1-8-11(14)6-10(15-9(2)16)7-12(8)19-5-3-4-13(17)18/h6-7H,3-5H2,1-2H3,(H,15,16)(H,17,18). The summed E-state index contributed by atoms with van der Waals surface area (Å²) in [4.78, 5) is 21.3. The molecule has 6 heteroatoms. The molecule has 0 saturated heterocycles. The number of hydrogen-bond acceptors (Lipinski definition) is 3. The first-order valence-corrected chi connectivity index (χ1v) is 5.82. The second kappa shape index (κ2) is 6.72. The molecule has 0 heterocycles. The Kier molecular flexibility index (Phi) is 5.29. The van der Waals surface area contributed by atoms with E-state index in [1.807, 2.05) is 0 Å². The van der Waals surface area contributed by atoms with E-state index >= 15 is 0 Å². The number of aliphatic carboxylic acids is 1. The Morgan fingerprint density at radius 2 is 2.11 bits per heavy atom. The summed E-state index contributed by atoms with van der Waals surface area (Å²) in [5.41, 5.74) is 0.633. The first kappa shape index (κ1) is 14.9. The van der Waals surface area contributed by atoms with Crippen LogP contribution >= 0.6 is 0 Å². The lowest BCUT2D eigenvalue weighted by atomic mass is 10.2. The third-order valence-electron chi connectivity index (χ3n) is 2.41. The number of carbonyl (C=O) groups is 2. The second-order valence-electron chi connectivity index (χ2n) is 4.11. The maximum atomic E-state index is 13.6. The molecule has 1 amide bonds. The van der Waals surface area contributed by atoms with E-state index in [9.17, 15) is 14.0 Å². The number of halogens is 1. The number of nitrogens with one attached hydrogen (secondary N) is 1. The molecule has 0 aliphatic heterocycles. The highest BCUT2D eigenvalue weighted by atomic mass is 19.1. The molecule has 2 N–H and O–H groups in total. The zero-order chi connectivity index (χ0) is 14.4. The molecule has 0 fully saturated rings. The van der Waals surface area contributed by atoms with Crippen molar-refractivity contribution in [2.75, 3.05) is 11.9 Å². The number of carbonyl (C=O) groups excluding carboxylic acids is 1. The van der Waals surface area contributed by atoms with Crippen LogP contribution in [0.5, 0.6) is 5.75 Å². The quantitative estimate of drug-likeness (QED) is 0.777.